The van der Waals surface area contributed by atoms with Gasteiger partial charge in [-0.2, -0.15) is 0 Å². The zero-order chi connectivity index (χ0) is 16.8. The van der Waals surface area contributed by atoms with Crippen LogP contribution in [-0.2, 0) is 4.79 Å². The third-order valence-electron chi connectivity index (χ3n) is 4.25. The maximum Gasteiger partial charge on any atom is 0.213 e. The maximum atomic E-state index is 11.5. The summed E-state index contributed by atoms with van der Waals surface area (Å²) in [7, 11) is 0. The normalized spacial score (nSPS) is 21.6. The number of carbonyl (C=O) groups is 1. The van der Waals surface area contributed by atoms with Crippen LogP contribution in [0, 0.1) is 5.92 Å². The van der Waals surface area contributed by atoms with Crippen molar-refractivity contribution in [2.75, 3.05) is 6.61 Å². The second-order valence-corrected chi connectivity index (χ2v) is 6.63. The molecule has 0 bridgehead atoms. The highest BCUT2D eigenvalue weighted by Gasteiger charge is 2.31. The fraction of sp³-hybridized carbons (Fsp3) is 0.667. The molecule has 5 heteroatoms. The minimum atomic E-state index is -0.0128. The van der Waals surface area contributed by atoms with Crippen LogP contribution in [-0.4, -0.2) is 35.6 Å². The first-order valence-electron chi connectivity index (χ1n) is 8.52. The molecule has 1 saturated carbocycles. The SMILES string of the molecule is CCC(C)NC1CC(Oc2ccc(OCC(=O)C(C)C)cn2)C1. The number of nitrogens with one attached hydrogen (secondary N) is 1. The van der Waals surface area contributed by atoms with E-state index in [1.807, 2.05) is 13.8 Å². The zero-order valence-electron chi connectivity index (χ0n) is 14.5. The van der Waals surface area contributed by atoms with E-state index in [9.17, 15) is 4.79 Å². The molecule has 0 spiro atoms. The molecule has 1 N–H and O–H groups in total. The molecule has 1 aromatic rings. The van der Waals surface area contributed by atoms with Crippen molar-refractivity contribution < 1.29 is 14.3 Å². The van der Waals surface area contributed by atoms with Crippen molar-refractivity contribution in [3.05, 3.63) is 18.3 Å². The van der Waals surface area contributed by atoms with Crippen LogP contribution >= 0.6 is 0 Å². The van der Waals surface area contributed by atoms with E-state index in [4.69, 9.17) is 9.47 Å². The number of hydrogen-bond donors (Lipinski definition) is 1. The Morgan fingerprint density at radius 2 is 2.09 bits per heavy atom. The number of ether oxygens (including phenoxy) is 2. The zero-order valence-corrected chi connectivity index (χ0v) is 14.5. The molecular formula is C18H28N2O3. The number of pyridine rings is 1. The van der Waals surface area contributed by atoms with E-state index in [2.05, 4.69) is 24.1 Å². The first kappa shape index (κ1) is 17.7. The molecule has 0 amide bonds. The second kappa shape index (κ2) is 8.29. The van der Waals surface area contributed by atoms with Crippen LogP contribution in [0.5, 0.6) is 11.6 Å². The number of hydrogen-bond acceptors (Lipinski definition) is 5. The first-order valence-corrected chi connectivity index (χ1v) is 8.52. The summed E-state index contributed by atoms with van der Waals surface area (Å²) < 4.78 is 11.3. The van der Waals surface area contributed by atoms with Gasteiger partial charge in [0.1, 0.15) is 18.5 Å². The molecule has 0 radical (unpaired) electrons. The van der Waals surface area contributed by atoms with Gasteiger partial charge in [0.25, 0.3) is 0 Å². The lowest BCUT2D eigenvalue weighted by molar-refractivity contribution is -0.123. The highest BCUT2D eigenvalue weighted by Crippen LogP contribution is 2.26. The highest BCUT2D eigenvalue weighted by atomic mass is 16.5. The third-order valence-corrected chi connectivity index (χ3v) is 4.25. The lowest BCUT2D eigenvalue weighted by Crippen LogP contribution is -2.49. The van der Waals surface area contributed by atoms with Crippen molar-refractivity contribution in [3.8, 4) is 11.6 Å². The summed E-state index contributed by atoms with van der Waals surface area (Å²) in [5.74, 6) is 1.27. The van der Waals surface area contributed by atoms with Crippen molar-refractivity contribution in [2.45, 2.75) is 65.1 Å². The Hall–Kier alpha value is -1.62. The number of aromatic nitrogens is 1. The van der Waals surface area contributed by atoms with Gasteiger partial charge in [0, 0.05) is 24.1 Å². The lowest BCUT2D eigenvalue weighted by Gasteiger charge is -2.37. The molecule has 1 fully saturated rings. The van der Waals surface area contributed by atoms with Crippen LogP contribution in [0.15, 0.2) is 18.3 Å². The molecule has 23 heavy (non-hydrogen) atoms. The van der Waals surface area contributed by atoms with Crippen LogP contribution in [0.1, 0.15) is 47.0 Å². The lowest BCUT2D eigenvalue weighted by atomic mass is 9.88. The molecule has 0 saturated heterocycles. The summed E-state index contributed by atoms with van der Waals surface area (Å²) in [6.45, 7) is 8.21. The van der Waals surface area contributed by atoms with E-state index < -0.39 is 0 Å². The van der Waals surface area contributed by atoms with E-state index in [1.165, 1.54) is 0 Å². The Balaban J connectivity index is 1.71. The molecule has 1 heterocycles. The van der Waals surface area contributed by atoms with E-state index in [-0.39, 0.29) is 24.4 Å². The summed E-state index contributed by atoms with van der Waals surface area (Å²) in [6.07, 6.45) is 5.03. The molecule has 5 nitrogen and oxygen atoms in total. The minimum absolute atomic E-state index is 0.0128. The third kappa shape index (κ3) is 5.50. The van der Waals surface area contributed by atoms with Crippen molar-refractivity contribution >= 4 is 5.78 Å². The molecule has 1 atom stereocenters. The Morgan fingerprint density at radius 1 is 1.35 bits per heavy atom. The molecule has 1 unspecified atom stereocenters. The Morgan fingerprint density at radius 3 is 2.65 bits per heavy atom. The summed E-state index contributed by atoms with van der Waals surface area (Å²) in [4.78, 5) is 15.8. The smallest absolute Gasteiger partial charge is 0.213 e. The Kier molecular flexibility index (Phi) is 6.39. The van der Waals surface area contributed by atoms with Gasteiger partial charge in [0.05, 0.1) is 6.20 Å². The van der Waals surface area contributed by atoms with Gasteiger partial charge in [-0.05, 0) is 32.3 Å². The number of ketones is 1. The number of Topliss-reactive ketones (excluding diaryl/α,β-unsaturated/α-hetero) is 1. The van der Waals surface area contributed by atoms with E-state index in [1.54, 1.807) is 18.3 Å². The van der Waals surface area contributed by atoms with Gasteiger partial charge in [0.15, 0.2) is 5.78 Å². The largest absolute Gasteiger partial charge is 0.484 e. The Bertz CT molecular complexity index is 495. The van der Waals surface area contributed by atoms with Crippen molar-refractivity contribution in [2.24, 2.45) is 5.92 Å². The number of carbonyl (C=O) groups excluding carboxylic acids is 1. The van der Waals surface area contributed by atoms with Crippen LogP contribution in [0.3, 0.4) is 0 Å². The number of rotatable bonds is 9. The molecule has 2 rings (SSSR count). The summed E-state index contributed by atoms with van der Waals surface area (Å²) in [6, 6.07) is 4.71. The van der Waals surface area contributed by atoms with Gasteiger partial charge >= 0.3 is 0 Å². The quantitative estimate of drug-likeness (QED) is 0.758. The Labute approximate surface area is 138 Å². The fourth-order valence-corrected chi connectivity index (χ4v) is 2.33. The van der Waals surface area contributed by atoms with Gasteiger partial charge in [-0.15, -0.1) is 0 Å². The van der Waals surface area contributed by atoms with Crippen molar-refractivity contribution in [1.82, 2.24) is 10.3 Å². The topological polar surface area (TPSA) is 60.5 Å². The molecule has 0 aliphatic heterocycles. The fourth-order valence-electron chi connectivity index (χ4n) is 2.33. The standard InChI is InChI=1S/C18H28N2O3/c1-5-13(4)20-14-8-16(9-14)23-18-7-6-15(10-19-18)22-11-17(21)12(2)3/h6-7,10,12-14,16,20H,5,8-9,11H2,1-4H3. The molecule has 1 aliphatic carbocycles. The average molecular weight is 320 g/mol. The summed E-state index contributed by atoms with van der Waals surface area (Å²) in [5.41, 5.74) is 0. The van der Waals surface area contributed by atoms with Crippen LogP contribution in [0.2, 0.25) is 0 Å². The minimum Gasteiger partial charge on any atom is -0.484 e. The van der Waals surface area contributed by atoms with Gasteiger partial charge in [-0.1, -0.05) is 20.8 Å². The van der Waals surface area contributed by atoms with Gasteiger partial charge < -0.3 is 14.8 Å². The summed E-state index contributed by atoms with van der Waals surface area (Å²) >= 11 is 0. The van der Waals surface area contributed by atoms with Crippen LogP contribution < -0.4 is 14.8 Å². The van der Waals surface area contributed by atoms with Crippen LogP contribution in [0.4, 0.5) is 0 Å². The number of nitrogens with zero attached hydrogens (tertiary/aromatic N) is 1. The first-order chi connectivity index (χ1) is 11.0. The molecule has 1 aliphatic rings. The average Bonchev–Trinajstić information content (AvgIpc) is 2.51. The second-order valence-electron chi connectivity index (χ2n) is 6.63. The van der Waals surface area contributed by atoms with Gasteiger partial charge in [0.2, 0.25) is 5.88 Å². The van der Waals surface area contributed by atoms with E-state index >= 15 is 0 Å². The van der Waals surface area contributed by atoms with Gasteiger partial charge in [-0.3, -0.25) is 4.79 Å². The van der Waals surface area contributed by atoms with Crippen LogP contribution in [0.25, 0.3) is 0 Å². The van der Waals surface area contributed by atoms with Crippen molar-refractivity contribution in [1.29, 1.82) is 0 Å². The van der Waals surface area contributed by atoms with E-state index in [0.717, 1.165) is 19.3 Å². The van der Waals surface area contributed by atoms with E-state index in [0.29, 0.717) is 23.7 Å². The molecule has 0 aromatic carbocycles. The maximum absolute atomic E-state index is 11.5. The summed E-state index contributed by atoms with van der Waals surface area (Å²) in [5, 5.41) is 3.57. The highest BCUT2D eigenvalue weighted by molar-refractivity contribution is 5.81. The monoisotopic (exact) mass is 320 g/mol. The predicted octanol–water partition coefficient (Wildman–Crippen LogP) is 2.98. The van der Waals surface area contributed by atoms with Gasteiger partial charge in [-0.25, -0.2) is 4.98 Å². The predicted molar refractivity (Wildman–Crippen MR) is 89.9 cm³/mol. The van der Waals surface area contributed by atoms with Crippen molar-refractivity contribution in [3.63, 3.8) is 0 Å². The molecular weight excluding hydrogens is 292 g/mol. The molecule has 128 valence electrons. The molecule has 1 aromatic heterocycles.